The van der Waals surface area contributed by atoms with Crippen molar-refractivity contribution in [1.82, 2.24) is 9.62 Å². The van der Waals surface area contributed by atoms with Gasteiger partial charge in [-0.25, -0.2) is 13.1 Å². The van der Waals surface area contributed by atoms with E-state index in [0.29, 0.717) is 25.9 Å². The van der Waals surface area contributed by atoms with Gasteiger partial charge in [-0.2, -0.15) is 0 Å². The van der Waals surface area contributed by atoms with Crippen LogP contribution in [0.1, 0.15) is 25.3 Å². The molecule has 1 saturated heterocycles. The van der Waals surface area contributed by atoms with E-state index in [4.69, 9.17) is 0 Å². The number of benzene rings is 2. The fraction of sp³-hybridized carbons (Fsp3) is 0.381. The summed E-state index contributed by atoms with van der Waals surface area (Å²) in [6, 6.07) is 16.4. The summed E-state index contributed by atoms with van der Waals surface area (Å²) in [7, 11) is -3.52. The first-order valence-corrected chi connectivity index (χ1v) is 11.8. The number of carbonyl (C=O) groups is 1. The molecule has 5 nitrogen and oxygen atoms in total. The van der Waals surface area contributed by atoms with Crippen LogP contribution in [0.3, 0.4) is 0 Å². The number of carbonyl (C=O) groups excluding carboxylic acids is 1. The van der Waals surface area contributed by atoms with Gasteiger partial charge in [0.25, 0.3) is 0 Å². The molecule has 0 spiro atoms. The molecule has 1 unspecified atom stereocenters. The first-order chi connectivity index (χ1) is 13.3. The van der Waals surface area contributed by atoms with Crippen LogP contribution in [0.25, 0.3) is 0 Å². The zero-order valence-corrected chi connectivity index (χ0v) is 17.8. The van der Waals surface area contributed by atoms with E-state index in [1.807, 2.05) is 43.0 Å². The Morgan fingerprint density at radius 3 is 2.29 bits per heavy atom. The van der Waals surface area contributed by atoms with E-state index >= 15 is 0 Å². The predicted molar refractivity (Wildman–Crippen MR) is 113 cm³/mol. The monoisotopic (exact) mass is 418 g/mol. The van der Waals surface area contributed by atoms with Gasteiger partial charge in [0, 0.05) is 24.0 Å². The zero-order valence-electron chi connectivity index (χ0n) is 16.2. The molecule has 1 aliphatic rings. The minimum atomic E-state index is -3.52. The van der Waals surface area contributed by atoms with Gasteiger partial charge in [-0.3, -0.25) is 4.79 Å². The summed E-state index contributed by atoms with van der Waals surface area (Å²) in [6.45, 7) is 5.11. The van der Waals surface area contributed by atoms with Crippen LogP contribution in [0.2, 0.25) is 0 Å². The van der Waals surface area contributed by atoms with Crippen molar-refractivity contribution in [3.05, 3.63) is 60.2 Å². The van der Waals surface area contributed by atoms with E-state index in [2.05, 4.69) is 4.72 Å². The Morgan fingerprint density at radius 2 is 1.68 bits per heavy atom. The molecule has 1 heterocycles. The summed E-state index contributed by atoms with van der Waals surface area (Å²) in [6.07, 6.45) is 1.25. The van der Waals surface area contributed by atoms with Gasteiger partial charge < -0.3 is 4.90 Å². The van der Waals surface area contributed by atoms with E-state index in [1.165, 1.54) is 5.56 Å². The van der Waals surface area contributed by atoms with Gasteiger partial charge in [-0.15, -0.1) is 11.8 Å². The third-order valence-corrected chi connectivity index (χ3v) is 7.50. The molecule has 0 aliphatic carbocycles. The number of nitrogens with one attached hydrogen (secondary N) is 1. The normalized spacial score (nSPS) is 16.7. The van der Waals surface area contributed by atoms with Crippen molar-refractivity contribution in [1.29, 1.82) is 0 Å². The maximum atomic E-state index is 12.7. The van der Waals surface area contributed by atoms with Crippen LogP contribution >= 0.6 is 11.8 Å². The lowest BCUT2D eigenvalue weighted by molar-refractivity contribution is -0.131. The maximum absolute atomic E-state index is 12.7. The molecule has 3 rings (SSSR count). The van der Waals surface area contributed by atoms with E-state index in [0.717, 1.165) is 4.90 Å². The Kier molecular flexibility index (Phi) is 6.80. The van der Waals surface area contributed by atoms with Crippen LogP contribution in [0.4, 0.5) is 0 Å². The first kappa shape index (κ1) is 20.9. The molecule has 1 fully saturated rings. The smallest absolute Gasteiger partial charge is 0.240 e. The Hall–Kier alpha value is -1.83. The topological polar surface area (TPSA) is 66.5 Å². The average molecular weight is 419 g/mol. The van der Waals surface area contributed by atoms with E-state index in [1.54, 1.807) is 42.1 Å². The molecule has 1 aliphatic heterocycles. The number of likely N-dealkylation sites (tertiary alicyclic amines) is 1. The van der Waals surface area contributed by atoms with Crippen LogP contribution in [0, 0.1) is 6.92 Å². The minimum Gasteiger partial charge on any atom is -0.342 e. The standard InChI is InChI=1S/C21H26N2O3S2/c1-16-8-10-19(11-9-16)27-17(2)21(24)23-14-12-18(13-15-23)22-28(25,26)20-6-4-3-5-7-20/h3-11,17-18,22H,12-15H2,1-2H3. The Labute approximate surface area is 171 Å². The second kappa shape index (κ2) is 9.11. The number of aryl methyl sites for hydroxylation is 1. The molecule has 0 radical (unpaired) electrons. The van der Waals surface area contributed by atoms with Gasteiger partial charge in [0.05, 0.1) is 10.1 Å². The molecule has 28 heavy (non-hydrogen) atoms. The lowest BCUT2D eigenvalue weighted by atomic mass is 10.1. The van der Waals surface area contributed by atoms with Crippen molar-refractivity contribution in [2.75, 3.05) is 13.1 Å². The number of piperidine rings is 1. The van der Waals surface area contributed by atoms with E-state index < -0.39 is 10.0 Å². The first-order valence-electron chi connectivity index (χ1n) is 9.44. The summed E-state index contributed by atoms with van der Waals surface area (Å²) >= 11 is 1.56. The van der Waals surface area contributed by atoms with Crippen LogP contribution < -0.4 is 4.72 Å². The highest BCUT2D eigenvalue weighted by molar-refractivity contribution is 8.00. The predicted octanol–water partition coefficient (Wildman–Crippen LogP) is 3.45. The number of nitrogens with zero attached hydrogens (tertiary/aromatic N) is 1. The molecule has 0 saturated carbocycles. The van der Waals surface area contributed by atoms with Gasteiger partial charge >= 0.3 is 0 Å². The van der Waals surface area contributed by atoms with Crippen molar-refractivity contribution in [3.63, 3.8) is 0 Å². The highest BCUT2D eigenvalue weighted by Gasteiger charge is 2.28. The molecule has 0 aromatic heterocycles. The third-order valence-electron chi connectivity index (χ3n) is 4.86. The van der Waals surface area contributed by atoms with Gasteiger partial charge in [0.1, 0.15) is 0 Å². The molecule has 2 aromatic carbocycles. The van der Waals surface area contributed by atoms with Crippen LogP contribution in [-0.4, -0.2) is 43.6 Å². The van der Waals surface area contributed by atoms with Crippen molar-refractivity contribution in [2.45, 2.75) is 47.8 Å². The molecule has 1 N–H and O–H groups in total. The number of hydrogen-bond donors (Lipinski definition) is 1. The number of sulfonamides is 1. The highest BCUT2D eigenvalue weighted by atomic mass is 32.2. The summed E-state index contributed by atoms with van der Waals surface area (Å²) in [5.41, 5.74) is 1.20. The summed E-state index contributed by atoms with van der Waals surface area (Å²) in [5.74, 6) is 0.106. The van der Waals surface area contributed by atoms with Crippen molar-refractivity contribution in [2.24, 2.45) is 0 Å². The molecule has 1 amide bonds. The Morgan fingerprint density at radius 1 is 1.07 bits per heavy atom. The minimum absolute atomic E-state index is 0.106. The molecule has 7 heteroatoms. The Bertz CT molecular complexity index is 891. The van der Waals surface area contributed by atoms with Crippen LogP contribution in [-0.2, 0) is 14.8 Å². The summed E-state index contributed by atoms with van der Waals surface area (Å²) < 4.78 is 27.7. The number of rotatable bonds is 6. The molecule has 1 atom stereocenters. The lowest BCUT2D eigenvalue weighted by Crippen LogP contribution is -2.48. The largest absolute Gasteiger partial charge is 0.342 e. The van der Waals surface area contributed by atoms with Crippen LogP contribution in [0.5, 0.6) is 0 Å². The quantitative estimate of drug-likeness (QED) is 0.730. The fourth-order valence-electron chi connectivity index (χ4n) is 3.23. The average Bonchev–Trinajstić information content (AvgIpc) is 2.70. The van der Waals surface area contributed by atoms with Gasteiger partial charge in [0.15, 0.2) is 0 Å². The number of amides is 1. The lowest BCUT2D eigenvalue weighted by Gasteiger charge is -2.33. The molecule has 150 valence electrons. The fourth-order valence-corrected chi connectivity index (χ4v) is 5.51. The number of thioether (sulfide) groups is 1. The van der Waals surface area contributed by atoms with Crippen LogP contribution in [0.15, 0.2) is 64.4 Å². The van der Waals surface area contributed by atoms with Crippen molar-refractivity contribution >= 4 is 27.7 Å². The second-order valence-electron chi connectivity index (χ2n) is 7.11. The SMILES string of the molecule is Cc1ccc(SC(C)C(=O)N2CCC(NS(=O)(=O)c3ccccc3)CC2)cc1. The summed E-state index contributed by atoms with van der Waals surface area (Å²) in [4.78, 5) is 16.0. The number of hydrogen-bond acceptors (Lipinski definition) is 4. The van der Waals surface area contributed by atoms with Gasteiger partial charge in [-0.05, 0) is 51.0 Å². The maximum Gasteiger partial charge on any atom is 0.240 e. The molecule has 0 bridgehead atoms. The van der Waals surface area contributed by atoms with Crippen molar-refractivity contribution in [3.8, 4) is 0 Å². The highest BCUT2D eigenvalue weighted by Crippen LogP contribution is 2.26. The Balaban J connectivity index is 1.51. The van der Waals surface area contributed by atoms with E-state index in [-0.39, 0.29) is 22.1 Å². The van der Waals surface area contributed by atoms with Gasteiger partial charge in [0.2, 0.25) is 15.9 Å². The third kappa shape index (κ3) is 5.37. The molecular weight excluding hydrogens is 392 g/mol. The second-order valence-corrected chi connectivity index (χ2v) is 10.2. The van der Waals surface area contributed by atoms with E-state index in [9.17, 15) is 13.2 Å². The van der Waals surface area contributed by atoms with Crippen molar-refractivity contribution < 1.29 is 13.2 Å². The molecule has 2 aromatic rings. The molecular formula is C21H26N2O3S2. The van der Waals surface area contributed by atoms with Gasteiger partial charge in [-0.1, -0.05) is 35.9 Å². The zero-order chi connectivity index (χ0) is 20.1. The summed E-state index contributed by atoms with van der Waals surface area (Å²) in [5, 5.41) is -0.166.